The summed E-state index contributed by atoms with van der Waals surface area (Å²) in [5, 5.41) is 3.90. The van der Waals surface area contributed by atoms with Gasteiger partial charge in [0.05, 0.1) is 12.6 Å². The minimum Gasteiger partial charge on any atom is -0.467 e. The lowest BCUT2D eigenvalue weighted by Crippen LogP contribution is -2.27. The Morgan fingerprint density at radius 3 is 2.83 bits per heavy atom. The lowest BCUT2D eigenvalue weighted by Gasteiger charge is -2.13. The van der Waals surface area contributed by atoms with E-state index in [1.807, 2.05) is 24.3 Å². The molecule has 5 nitrogen and oxygen atoms in total. The number of carbonyl (C=O) groups excluding carboxylic acids is 1. The molecule has 6 heteroatoms. The van der Waals surface area contributed by atoms with Crippen molar-refractivity contribution < 1.29 is 9.53 Å². The molecule has 0 amide bonds. The van der Waals surface area contributed by atoms with Crippen LogP contribution in [0.1, 0.15) is 6.92 Å². The predicted octanol–water partition coefficient (Wildman–Crippen LogP) is 2.26. The Labute approximate surface area is 109 Å². The molecule has 94 valence electrons. The van der Waals surface area contributed by atoms with E-state index in [0.29, 0.717) is 5.82 Å². The highest BCUT2D eigenvalue weighted by molar-refractivity contribution is 6.28. The number of esters is 1. The van der Waals surface area contributed by atoms with Crippen LogP contribution >= 0.6 is 11.6 Å². The second kappa shape index (κ2) is 5.18. The zero-order valence-electron chi connectivity index (χ0n) is 9.98. The van der Waals surface area contributed by atoms with Gasteiger partial charge in [0, 0.05) is 5.39 Å². The number of benzene rings is 1. The summed E-state index contributed by atoms with van der Waals surface area (Å²) in [5.74, 6) is 0.150. The molecule has 2 aromatic rings. The topological polar surface area (TPSA) is 64.1 Å². The molecule has 1 atom stereocenters. The smallest absolute Gasteiger partial charge is 0.328 e. The van der Waals surface area contributed by atoms with E-state index in [1.165, 1.54) is 7.11 Å². The third-order valence-electron chi connectivity index (χ3n) is 2.48. The Morgan fingerprint density at radius 2 is 2.11 bits per heavy atom. The van der Waals surface area contributed by atoms with E-state index >= 15 is 0 Å². The summed E-state index contributed by atoms with van der Waals surface area (Å²) in [7, 11) is 1.34. The maximum Gasteiger partial charge on any atom is 0.328 e. The summed E-state index contributed by atoms with van der Waals surface area (Å²) >= 11 is 5.84. The Morgan fingerprint density at radius 1 is 1.39 bits per heavy atom. The highest BCUT2D eigenvalue weighted by Gasteiger charge is 2.15. The maximum absolute atomic E-state index is 11.4. The molecule has 0 aliphatic carbocycles. The molecule has 2 rings (SSSR count). The van der Waals surface area contributed by atoms with E-state index in [-0.39, 0.29) is 11.3 Å². The molecule has 1 unspecified atom stereocenters. The first kappa shape index (κ1) is 12.6. The zero-order valence-corrected chi connectivity index (χ0v) is 10.7. The van der Waals surface area contributed by atoms with Gasteiger partial charge >= 0.3 is 5.97 Å². The van der Waals surface area contributed by atoms with Gasteiger partial charge in [0.2, 0.25) is 5.28 Å². The number of hydrogen-bond donors (Lipinski definition) is 1. The number of nitrogens with one attached hydrogen (secondary N) is 1. The first-order valence-corrected chi connectivity index (χ1v) is 5.76. The number of methoxy groups -OCH3 is 1. The van der Waals surface area contributed by atoms with Crippen molar-refractivity contribution >= 4 is 34.3 Å². The first-order chi connectivity index (χ1) is 8.61. The molecule has 0 saturated carbocycles. The fourth-order valence-corrected chi connectivity index (χ4v) is 1.77. The number of anilines is 1. The molecule has 0 aliphatic rings. The normalized spacial score (nSPS) is 12.2. The van der Waals surface area contributed by atoms with Crippen LogP contribution < -0.4 is 5.32 Å². The quantitative estimate of drug-likeness (QED) is 0.681. The number of hydrogen-bond acceptors (Lipinski definition) is 5. The van der Waals surface area contributed by atoms with E-state index in [4.69, 9.17) is 11.6 Å². The highest BCUT2D eigenvalue weighted by Crippen LogP contribution is 2.22. The molecule has 0 radical (unpaired) electrons. The number of halogens is 1. The Hall–Kier alpha value is -1.88. The van der Waals surface area contributed by atoms with Crippen LogP contribution in [-0.2, 0) is 9.53 Å². The standard InChI is InChI=1S/C12H12ClN3O2/c1-7(11(17)18-2)14-10-8-5-3-4-6-9(8)15-12(13)16-10/h3-7H,1-2H3,(H,14,15,16). The SMILES string of the molecule is COC(=O)C(C)Nc1nc(Cl)nc2ccccc12. The lowest BCUT2D eigenvalue weighted by molar-refractivity contribution is -0.141. The fourth-order valence-electron chi connectivity index (χ4n) is 1.60. The number of rotatable bonds is 3. The van der Waals surface area contributed by atoms with Crippen molar-refractivity contribution in [2.75, 3.05) is 12.4 Å². The molecule has 1 heterocycles. The van der Waals surface area contributed by atoms with Gasteiger partial charge in [-0.05, 0) is 30.7 Å². The number of carbonyl (C=O) groups is 1. The van der Waals surface area contributed by atoms with Crippen molar-refractivity contribution in [1.29, 1.82) is 0 Å². The fraction of sp³-hybridized carbons (Fsp3) is 0.250. The van der Waals surface area contributed by atoms with Crippen LogP contribution in [0.5, 0.6) is 0 Å². The largest absolute Gasteiger partial charge is 0.467 e. The lowest BCUT2D eigenvalue weighted by atomic mass is 10.2. The first-order valence-electron chi connectivity index (χ1n) is 5.38. The van der Waals surface area contributed by atoms with Crippen molar-refractivity contribution in [2.24, 2.45) is 0 Å². The molecule has 0 spiro atoms. The monoisotopic (exact) mass is 265 g/mol. The summed E-state index contributed by atoms with van der Waals surface area (Å²) in [4.78, 5) is 19.6. The second-order valence-corrected chi connectivity index (χ2v) is 4.09. The minimum atomic E-state index is -0.510. The van der Waals surface area contributed by atoms with E-state index in [0.717, 1.165) is 10.9 Å². The van der Waals surface area contributed by atoms with E-state index in [2.05, 4.69) is 20.0 Å². The van der Waals surface area contributed by atoms with Crippen molar-refractivity contribution in [3.05, 3.63) is 29.5 Å². The average molecular weight is 266 g/mol. The van der Waals surface area contributed by atoms with Crippen LogP contribution in [0.25, 0.3) is 10.9 Å². The number of ether oxygens (including phenoxy) is 1. The van der Waals surface area contributed by atoms with E-state index in [1.54, 1.807) is 6.92 Å². The Bertz CT molecular complexity index is 589. The van der Waals surface area contributed by atoms with Gasteiger partial charge in [0.15, 0.2) is 0 Å². The molecule has 0 fully saturated rings. The molecular weight excluding hydrogens is 254 g/mol. The maximum atomic E-state index is 11.4. The molecule has 0 aliphatic heterocycles. The second-order valence-electron chi connectivity index (χ2n) is 3.75. The predicted molar refractivity (Wildman–Crippen MR) is 69.6 cm³/mol. The summed E-state index contributed by atoms with van der Waals surface area (Å²) < 4.78 is 4.65. The zero-order chi connectivity index (χ0) is 13.1. The van der Waals surface area contributed by atoms with Gasteiger partial charge < -0.3 is 10.1 Å². The van der Waals surface area contributed by atoms with Crippen molar-refractivity contribution in [3.8, 4) is 0 Å². The van der Waals surface area contributed by atoms with Crippen LogP contribution in [0.3, 0.4) is 0 Å². The van der Waals surface area contributed by atoms with Gasteiger partial charge in [-0.2, -0.15) is 0 Å². The van der Waals surface area contributed by atoms with Crippen molar-refractivity contribution in [1.82, 2.24) is 9.97 Å². The van der Waals surface area contributed by atoms with Crippen LogP contribution in [0, 0.1) is 0 Å². The van der Waals surface area contributed by atoms with Gasteiger partial charge in [0.1, 0.15) is 11.9 Å². The van der Waals surface area contributed by atoms with Crippen LogP contribution in [0.2, 0.25) is 5.28 Å². The van der Waals surface area contributed by atoms with Crippen LogP contribution in [0.4, 0.5) is 5.82 Å². The van der Waals surface area contributed by atoms with E-state index < -0.39 is 6.04 Å². The van der Waals surface area contributed by atoms with Crippen LogP contribution in [-0.4, -0.2) is 29.1 Å². The highest BCUT2D eigenvalue weighted by atomic mass is 35.5. The molecule has 18 heavy (non-hydrogen) atoms. The Kier molecular flexibility index (Phi) is 3.62. The van der Waals surface area contributed by atoms with Crippen LogP contribution in [0.15, 0.2) is 24.3 Å². The number of aromatic nitrogens is 2. The van der Waals surface area contributed by atoms with Crippen molar-refractivity contribution in [3.63, 3.8) is 0 Å². The summed E-state index contributed by atoms with van der Waals surface area (Å²) in [6.07, 6.45) is 0. The Balaban J connectivity index is 2.41. The van der Waals surface area contributed by atoms with Gasteiger partial charge in [-0.1, -0.05) is 12.1 Å². The number of para-hydroxylation sites is 1. The molecule has 1 aromatic carbocycles. The summed E-state index contributed by atoms with van der Waals surface area (Å²) in [6, 6.07) is 6.91. The summed E-state index contributed by atoms with van der Waals surface area (Å²) in [5.41, 5.74) is 0.720. The van der Waals surface area contributed by atoms with Gasteiger partial charge in [-0.3, -0.25) is 0 Å². The third kappa shape index (κ3) is 2.51. The van der Waals surface area contributed by atoms with Gasteiger partial charge in [0.25, 0.3) is 0 Å². The number of nitrogens with zero attached hydrogens (tertiary/aromatic N) is 2. The molecular formula is C12H12ClN3O2. The minimum absolute atomic E-state index is 0.133. The average Bonchev–Trinajstić information content (AvgIpc) is 2.37. The van der Waals surface area contributed by atoms with Gasteiger partial charge in [-0.15, -0.1) is 0 Å². The number of fused-ring (bicyclic) bond motifs is 1. The molecule has 1 N–H and O–H groups in total. The summed E-state index contributed by atoms with van der Waals surface area (Å²) in [6.45, 7) is 1.69. The van der Waals surface area contributed by atoms with Crippen molar-refractivity contribution in [2.45, 2.75) is 13.0 Å². The van der Waals surface area contributed by atoms with Gasteiger partial charge in [-0.25, -0.2) is 14.8 Å². The van der Waals surface area contributed by atoms with E-state index in [9.17, 15) is 4.79 Å². The molecule has 0 bridgehead atoms. The molecule has 1 aromatic heterocycles. The molecule has 0 saturated heterocycles. The third-order valence-corrected chi connectivity index (χ3v) is 2.65.